The molecule has 4 rings (SSSR count). The maximum absolute atomic E-state index is 12.2. The molecule has 0 radical (unpaired) electrons. The molecule has 1 fully saturated rings. The van der Waals surface area contributed by atoms with E-state index >= 15 is 0 Å². The van der Waals surface area contributed by atoms with Crippen LogP contribution in [0.3, 0.4) is 0 Å². The molecule has 136 valence electrons. The van der Waals surface area contributed by atoms with Crippen molar-refractivity contribution >= 4 is 11.7 Å². The van der Waals surface area contributed by atoms with Gasteiger partial charge in [0.2, 0.25) is 6.79 Å². The molecule has 8 heteroatoms. The summed E-state index contributed by atoms with van der Waals surface area (Å²) in [5, 5.41) is 5.84. The first-order valence-electron chi connectivity index (χ1n) is 8.67. The van der Waals surface area contributed by atoms with Crippen molar-refractivity contribution < 1.29 is 19.0 Å². The highest BCUT2D eigenvalue weighted by atomic mass is 16.7. The van der Waals surface area contributed by atoms with E-state index in [4.69, 9.17) is 14.2 Å². The number of aromatic nitrogens is 2. The highest BCUT2D eigenvalue weighted by Crippen LogP contribution is 2.34. The third-order valence-electron chi connectivity index (χ3n) is 4.45. The number of fused-ring (bicyclic) bond motifs is 1. The van der Waals surface area contributed by atoms with Crippen molar-refractivity contribution in [1.29, 1.82) is 0 Å². The summed E-state index contributed by atoms with van der Waals surface area (Å²) in [6.45, 7) is 0.213. The van der Waals surface area contributed by atoms with Gasteiger partial charge in [-0.05, 0) is 43.9 Å². The van der Waals surface area contributed by atoms with Crippen molar-refractivity contribution in [3.05, 3.63) is 36.7 Å². The van der Waals surface area contributed by atoms with Gasteiger partial charge in [-0.1, -0.05) is 0 Å². The van der Waals surface area contributed by atoms with Gasteiger partial charge >= 0.3 is 12.0 Å². The molecule has 1 saturated carbocycles. The fraction of sp³-hybridized carbons (Fsp3) is 0.389. The van der Waals surface area contributed by atoms with Gasteiger partial charge in [0.05, 0.1) is 0 Å². The molecule has 1 aliphatic carbocycles. The van der Waals surface area contributed by atoms with Crippen molar-refractivity contribution in [2.24, 2.45) is 0 Å². The smallest absolute Gasteiger partial charge is 0.319 e. The Hall–Kier alpha value is -3.03. The van der Waals surface area contributed by atoms with Crippen LogP contribution in [-0.2, 0) is 0 Å². The predicted molar refractivity (Wildman–Crippen MR) is 93.4 cm³/mol. The van der Waals surface area contributed by atoms with Crippen LogP contribution in [0, 0.1) is 0 Å². The van der Waals surface area contributed by atoms with Crippen LogP contribution >= 0.6 is 0 Å². The van der Waals surface area contributed by atoms with Gasteiger partial charge in [0.1, 0.15) is 6.10 Å². The fourth-order valence-electron chi connectivity index (χ4n) is 3.15. The molecular weight excluding hydrogens is 336 g/mol. The van der Waals surface area contributed by atoms with Gasteiger partial charge in [0, 0.05) is 30.2 Å². The van der Waals surface area contributed by atoms with Crippen molar-refractivity contribution in [2.75, 3.05) is 12.1 Å². The van der Waals surface area contributed by atoms with Crippen LogP contribution in [0.1, 0.15) is 25.7 Å². The second kappa shape index (κ2) is 7.47. The summed E-state index contributed by atoms with van der Waals surface area (Å²) in [5.41, 5.74) is 0.671. The number of nitrogens with one attached hydrogen (secondary N) is 2. The van der Waals surface area contributed by atoms with Crippen molar-refractivity contribution in [3.8, 4) is 17.5 Å². The summed E-state index contributed by atoms with van der Waals surface area (Å²) in [5.74, 6) is 1.33. The average Bonchev–Trinajstić information content (AvgIpc) is 3.12. The molecule has 0 unspecified atom stereocenters. The van der Waals surface area contributed by atoms with Crippen molar-refractivity contribution in [1.82, 2.24) is 15.3 Å². The number of amides is 2. The molecule has 2 N–H and O–H groups in total. The van der Waals surface area contributed by atoms with Crippen LogP contribution in [0.5, 0.6) is 17.5 Å². The summed E-state index contributed by atoms with van der Waals surface area (Å²) in [6, 6.07) is 7.40. The molecule has 2 amide bonds. The fourth-order valence-corrected chi connectivity index (χ4v) is 3.15. The minimum Gasteiger partial charge on any atom is -0.460 e. The minimum atomic E-state index is -0.223. The summed E-state index contributed by atoms with van der Waals surface area (Å²) >= 11 is 0. The zero-order chi connectivity index (χ0) is 17.8. The third-order valence-corrected chi connectivity index (χ3v) is 4.45. The number of rotatable bonds is 4. The van der Waals surface area contributed by atoms with E-state index in [1.807, 2.05) is 0 Å². The molecule has 2 aromatic rings. The molecule has 2 heterocycles. The minimum absolute atomic E-state index is 0.0902. The first kappa shape index (κ1) is 16.4. The Morgan fingerprint density at radius 1 is 1.08 bits per heavy atom. The summed E-state index contributed by atoms with van der Waals surface area (Å²) < 4.78 is 16.3. The molecular formula is C18H20N4O4. The van der Waals surface area contributed by atoms with Gasteiger partial charge in [0.25, 0.3) is 0 Å². The SMILES string of the molecule is O=C(Nc1ccc2c(c1)OCO2)NC1CCC(Oc2ncccn2)CC1. The van der Waals surface area contributed by atoms with Crippen LogP contribution in [0.25, 0.3) is 0 Å². The Labute approximate surface area is 150 Å². The van der Waals surface area contributed by atoms with E-state index in [0.29, 0.717) is 23.2 Å². The zero-order valence-corrected chi connectivity index (χ0v) is 14.2. The summed E-state index contributed by atoms with van der Waals surface area (Å²) in [7, 11) is 0. The Bertz CT molecular complexity index is 763. The first-order chi connectivity index (χ1) is 12.8. The van der Waals surface area contributed by atoms with E-state index in [9.17, 15) is 4.79 Å². The first-order valence-corrected chi connectivity index (χ1v) is 8.67. The van der Waals surface area contributed by atoms with E-state index in [2.05, 4.69) is 20.6 Å². The normalized spacial score (nSPS) is 21.1. The number of hydrogen-bond acceptors (Lipinski definition) is 6. The van der Waals surface area contributed by atoms with E-state index in [-0.39, 0.29) is 25.0 Å². The summed E-state index contributed by atoms with van der Waals surface area (Å²) in [4.78, 5) is 20.4. The topological polar surface area (TPSA) is 94.6 Å². The third kappa shape index (κ3) is 3.96. The van der Waals surface area contributed by atoms with Gasteiger partial charge in [-0.15, -0.1) is 0 Å². The maximum Gasteiger partial charge on any atom is 0.319 e. The number of ether oxygens (including phenoxy) is 3. The molecule has 8 nitrogen and oxygen atoms in total. The number of anilines is 1. The Morgan fingerprint density at radius 2 is 1.85 bits per heavy atom. The van der Waals surface area contributed by atoms with Crippen LogP contribution in [-0.4, -0.2) is 34.9 Å². The number of nitrogens with zero attached hydrogens (tertiary/aromatic N) is 2. The zero-order valence-electron chi connectivity index (χ0n) is 14.2. The molecule has 0 saturated heterocycles. The van der Waals surface area contributed by atoms with E-state index in [1.54, 1.807) is 36.7 Å². The van der Waals surface area contributed by atoms with Crippen LogP contribution in [0.15, 0.2) is 36.7 Å². The second-order valence-corrected chi connectivity index (χ2v) is 6.29. The molecule has 0 spiro atoms. The molecule has 1 aromatic heterocycles. The van der Waals surface area contributed by atoms with Gasteiger partial charge in [-0.3, -0.25) is 0 Å². The number of benzene rings is 1. The molecule has 26 heavy (non-hydrogen) atoms. The number of carbonyl (C=O) groups is 1. The van der Waals surface area contributed by atoms with Crippen molar-refractivity contribution in [3.63, 3.8) is 0 Å². The lowest BCUT2D eigenvalue weighted by Crippen LogP contribution is -2.41. The quantitative estimate of drug-likeness (QED) is 0.875. The summed E-state index contributed by atoms with van der Waals surface area (Å²) in [6.07, 6.45) is 6.83. The van der Waals surface area contributed by atoms with E-state index in [1.165, 1.54) is 0 Å². The monoisotopic (exact) mass is 356 g/mol. The average molecular weight is 356 g/mol. The largest absolute Gasteiger partial charge is 0.460 e. The Morgan fingerprint density at radius 3 is 2.65 bits per heavy atom. The van der Waals surface area contributed by atoms with E-state index < -0.39 is 0 Å². The van der Waals surface area contributed by atoms with Crippen LogP contribution < -0.4 is 24.8 Å². The number of hydrogen-bond donors (Lipinski definition) is 2. The molecule has 1 aliphatic heterocycles. The number of carbonyl (C=O) groups excluding carboxylic acids is 1. The second-order valence-electron chi connectivity index (χ2n) is 6.29. The van der Waals surface area contributed by atoms with Crippen molar-refractivity contribution in [2.45, 2.75) is 37.8 Å². The standard InChI is InChI=1S/C18H20N4O4/c23-17(22-13-4-7-15-16(10-13)25-11-24-15)21-12-2-5-14(6-3-12)26-18-19-8-1-9-20-18/h1,4,7-10,12,14H,2-3,5-6,11H2,(H2,21,22,23). The highest BCUT2D eigenvalue weighted by molar-refractivity contribution is 5.89. The highest BCUT2D eigenvalue weighted by Gasteiger charge is 2.24. The molecule has 0 atom stereocenters. The van der Waals surface area contributed by atoms with E-state index in [0.717, 1.165) is 25.7 Å². The molecule has 1 aromatic carbocycles. The van der Waals surface area contributed by atoms with Gasteiger partial charge in [-0.25, -0.2) is 14.8 Å². The Kier molecular flexibility index (Phi) is 4.72. The lowest BCUT2D eigenvalue weighted by atomic mass is 9.93. The molecule has 2 aliphatic rings. The van der Waals surface area contributed by atoms with Crippen LogP contribution in [0.2, 0.25) is 0 Å². The lowest BCUT2D eigenvalue weighted by Gasteiger charge is -2.28. The lowest BCUT2D eigenvalue weighted by molar-refractivity contribution is 0.129. The number of urea groups is 1. The van der Waals surface area contributed by atoms with Gasteiger partial charge in [0.15, 0.2) is 11.5 Å². The maximum atomic E-state index is 12.2. The Balaban J connectivity index is 1.23. The predicted octanol–water partition coefficient (Wildman–Crippen LogP) is 2.72. The van der Waals surface area contributed by atoms with Crippen LogP contribution in [0.4, 0.5) is 10.5 Å². The van der Waals surface area contributed by atoms with Gasteiger partial charge < -0.3 is 24.8 Å². The molecule has 0 bridgehead atoms. The van der Waals surface area contributed by atoms with Gasteiger partial charge in [-0.2, -0.15) is 0 Å².